The molecule has 0 saturated heterocycles. The minimum absolute atomic E-state index is 0.148. The molecule has 0 aliphatic heterocycles. The van der Waals surface area contributed by atoms with E-state index >= 15 is 0 Å². The summed E-state index contributed by atoms with van der Waals surface area (Å²) < 4.78 is 9.93. The lowest BCUT2D eigenvalue weighted by molar-refractivity contribution is -0.137. The van der Waals surface area contributed by atoms with E-state index in [2.05, 4.69) is 0 Å². The van der Waals surface area contributed by atoms with E-state index in [0.717, 1.165) is 30.4 Å². The van der Waals surface area contributed by atoms with E-state index in [9.17, 15) is 9.90 Å². The van der Waals surface area contributed by atoms with Crippen LogP contribution in [0.5, 0.6) is 11.5 Å². The molecule has 0 aliphatic rings. The Kier molecular flexibility index (Phi) is 6.64. The molecule has 0 heterocycles. The molecule has 1 rings (SSSR count). The van der Waals surface area contributed by atoms with Crippen LogP contribution in [-0.2, 0) is 16.0 Å². The molecule has 4 nitrogen and oxygen atoms in total. The molecule has 110 valence electrons. The number of benzene rings is 1. The molecule has 0 bridgehead atoms. The number of esters is 1. The molecule has 0 aromatic heterocycles. The van der Waals surface area contributed by atoms with Crippen molar-refractivity contribution >= 4 is 5.97 Å². The summed E-state index contributed by atoms with van der Waals surface area (Å²) in [5.41, 5.74) is 2.11. The molecule has 0 atom stereocenters. The first-order valence-corrected chi connectivity index (χ1v) is 6.76. The molecule has 1 N–H and O–H groups in total. The first-order chi connectivity index (χ1) is 9.56. The number of hydrogen-bond donors (Lipinski definition) is 1. The van der Waals surface area contributed by atoms with Crippen LogP contribution < -0.4 is 4.74 Å². The highest BCUT2D eigenvalue weighted by Crippen LogP contribution is 2.27. The Morgan fingerprint density at radius 1 is 1.40 bits per heavy atom. The van der Waals surface area contributed by atoms with E-state index in [-0.39, 0.29) is 11.7 Å². The van der Waals surface area contributed by atoms with Gasteiger partial charge in [-0.1, -0.05) is 11.6 Å². The Morgan fingerprint density at radius 3 is 2.80 bits per heavy atom. The van der Waals surface area contributed by atoms with Crippen LogP contribution in [0.3, 0.4) is 0 Å². The number of methoxy groups -OCH3 is 1. The molecule has 1 aromatic rings. The van der Waals surface area contributed by atoms with Crippen LogP contribution in [0.1, 0.15) is 32.3 Å². The zero-order valence-electron chi connectivity index (χ0n) is 12.3. The lowest BCUT2D eigenvalue weighted by atomic mass is 10.0. The second kappa shape index (κ2) is 8.25. The van der Waals surface area contributed by atoms with Gasteiger partial charge in [0, 0.05) is 6.08 Å². The molecule has 0 fully saturated rings. The molecule has 20 heavy (non-hydrogen) atoms. The second-order valence-corrected chi connectivity index (χ2v) is 4.60. The monoisotopic (exact) mass is 278 g/mol. The minimum Gasteiger partial charge on any atom is -0.504 e. The maximum atomic E-state index is 11.3. The van der Waals surface area contributed by atoms with Crippen LogP contribution in [0.4, 0.5) is 0 Å². The van der Waals surface area contributed by atoms with Crippen molar-refractivity contribution in [3.8, 4) is 11.5 Å². The third-order valence-electron chi connectivity index (χ3n) is 2.93. The Morgan fingerprint density at radius 2 is 2.15 bits per heavy atom. The number of phenols is 1. The summed E-state index contributed by atoms with van der Waals surface area (Å²) in [5, 5.41) is 9.51. The van der Waals surface area contributed by atoms with Gasteiger partial charge in [-0.3, -0.25) is 0 Å². The van der Waals surface area contributed by atoms with Crippen LogP contribution in [-0.4, -0.2) is 24.8 Å². The number of carbonyl (C=O) groups is 1. The molecule has 0 amide bonds. The lowest BCUT2D eigenvalue weighted by Crippen LogP contribution is -2.00. The molecule has 0 saturated carbocycles. The van der Waals surface area contributed by atoms with Crippen LogP contribution in [0.15, 0.2) is 29.8 Å². The van der Waals surface area contributed by atoms with Crippen LogP contribution in [0.2, 0.25) is 0 Å². The predicted molar refractivity (Wildman–Crippen MR) is 78.0 cm³/mol. The SMILES string of the molecule is CCOC(=O)/C=C(\C)CCCc1ccc(O)c(OC)c1. The van der Waals surface area contributed by atoms with Crippen LogP contribution in [0.25, 0.3) is 0 Å². The quantitative estimate of drug-likeness (QED) is 0.614. The number of aromatic hydroxyl groups is 1. The van der Waals surface area contributed by atoms with Gasteiger partial charge in [0.05, 0.1) is 13.7 Å². The highest BCUT2D eigenvalue weighted by Gasteiger charge is 2.03. The molecular weight excluding hydrogens is 256 g/mol. The molecule has 0 radical (unpaired) electrons. The average molecular weight is 278 g/mol. The van der Waals surface area contributed by atoms with Gasteiger partial charge in [-0.15, -0.1) is 0 Å². The topological polar surface area (TPSA) is 55.8 Å². The smallest absolute Gasteiger partial charge is 0.330 e. The van der Waals surface area contributed by atoms with Crippen molar-refractivity contribution < 1.29 is 19.4 Å². The van der Waals surface area contributed by atoms with E-state index in [1.54, 1.807) is 19.1 Å². The summed E-state index contributed by atoms with van der Waals surface area (Å²) in [6.07, 6.45) is 4.17. The molecular formula is C16H22O4. The largest absolute Gasteiger partial charge is 0.504 e. The van der Waals surface area contributed by atoms with Gasteiger partial charge in [0.1, 0.15) is 0 Å². The van der Waals surface area contributed by atoms with E-state index in [0.29, 0.717) is 12.4 Å². The summed E-state index contributed by atoms with van der Waals surface area (Å²) in [4.78, 5) is 11.3. The van der Waals surface area contributed by atoms with Crippen molar-refractivity contribution in [2.45, 2.75) is 33.1 Å². The van der Waals surface area contributed by atoms with Gasteiger partial charge in [-0.05, 0) is 50.8 Å². The van der Waals surface area contributed by atoms with Crippen molar-refractivity contribution in [3.63, 3.8) is 0 Å². The molecule has 1 aromatic carbocycles. The third kappa shape index (κ3) is 5.34. The predicted octanol–water partition coefficient (Wildman–Crippen LogP) is 3.23. The zero-order chi connectivity index (χ0) is 15.0. The molecule has 0 unspecified atom stereocenters. The van der Waals surface area contributed by atoms with Gasteiger partial charge in [-0.2, -0.15) is 0 Å². The fraction of sp³-hybridized carbons (Fsp3) is 0.438. The number of phenolic OH excluding ortho intramolecular Hbond substituents is 1. The van der Waals surface area contributed by atoms with Crippen molar-refractivity contribution in [1.82, 2.24) is 0 Å². The Hall–Kier alpha value is -1.97. The van der Waals surface area contributed by atoms with E-state index in [4.69, 9.17) is 9.47 Å². The average Bonchev–Trinajstić information content (AvgIpc) is 2.40. The van der Waals surface area contributed by atoms with E-state index in [1.807, 2.05) is 19.1 Å². The van der Waals surface area contributed by atoms with Gasteiger partial charge in [0.15, 0.2) is 11.5 Å². The van der Waals surface area contributed by atoms with Gasteiger partial charge in [0.25, 0.3) is 0 Å². The lowest BCUT2D eigenvalue weighted by Gasteiger charge is -2.07. The summed E-state index contributed by atoms with van der Waals surface area (Å²) >= 11 is 0. The van der Waals surface area contributed by atoms with Crippen molar-refractivity contribution in [3.05, 3.63) is 35.4 Å². The number of aryl methyl sites for hydroxylation is 1. The van der Waals surface area contributed by atoms with Crippen LogP contribution in [0, 0.1) is 0 Å². The van der Waals surface area contributed by atoms with Crippen molar-refractivity contribution in [2.24, 2.45) is 0 Å². The fourth-order valence-corrected chi connectivity index (χ4v) is 1.91. The normalized spacial score (nSPS) is 11.2. The first-order valence-electron chi connectivity index (χ1n) is 6.76. The molecule has 0 aliphatic carbocycles. The maximum Gasteiger partial charge on any atom is 0.330 e. The minimum atomic E-state index is -0.281. The molecule has 4 heteroatoms. The number of allylic oxidation sites excluding steroid dienone is 1. The fourth-order valence-electron chi connectivity index (χ4n) is 1.91. The Bertz CT molecular complexity index is 477. The van der Waals surface area contributed by atoms with Crippen molar-refractivity contribution in [2.75, 3.05) is 13.7 Å². The summed E-state index contributed by atoms with van der Waals surface area (Å²) in [6.45, 7) is 4.11. The Labute approximate surface area is 120 Å². The summed E-state index contributed by atoms with van der Waals surface area (Å²) in [5.74, 6) is 0.354. The van der Waals surface area contributed by atoms with Gasteiger partial charge in [0.2, 0.25) is 0 Å². The standard InChI is InChI=1S/C16H22O4/c1-4-20-16(18)10-12(2)6-5-7-13-8-9-14(17)15(11-13)19-3/h8-11,17H,4-7H2,1-3H3/b12-10+. The number of carbonyl (C=O) groups excluding carboxylic acids is 1. The second-order valence-electron chi connectivity index (χ2n) is 4.60. The third-order valence-corrected chi connectivity index (χ3v) is 2.93. The first kappa shape index (κ1) is 16.1. The number of hydrogen-bond acceptors (Lipinski definition) is 4. The number of ether oxygens (including phenoxy) is 2. The van der Waals surface area contributed by atoms with Gasteiger partial charge < -0.3 is 14.6 Å². The summed E-state index contributed by atoms with van der Waals surface area (Å²) in [7, 11) is 1.53. The maximum absolute atomic E-state index is 11.3. The Balaban J connectivity index is 2.46. The number of rotatable bonds is 7. The molecule has 0 spiro atoms. The van der Waals surface area contributed by atoms with Crippen LogP contribution >= 0.6 is 0 Å². The van der Waals surface area contributed by atoms with E-state index < -0.39 is 0 Å². The van der Waals surface area contributed by atoms with Gasteiger partial charge in [-0.25, -0.2) is 4.79 Å². The summed E-state index contributed by atoms with van der Waals surface area (Å²) in [6, 6.07) is 5.34. The highest BCUT2D eigenvalue weighted by atomic mass is 16.5. The van der Waals surface area contributed by atoms with Crippen molar-refractivity contribution in [1.29, 1.82) is 0 Å². The highest BCUT2D eigenvalue weighted by molar-refractivity contribution is 5.82. The zero-order valence-corrected chi connectivity index (χ0v) is 12.3. The van der Waals surface area contributed by atoms with Gasteiger partial charge >= 0.3 is 5.97 Å². The van der Waals surface area contributed by atoms with E-state index in [1.165, 1.54) is 7.11 Å².